The van der Waals surface area contributed by atoms with E-state index in [1.807, 2.05) is 0 Å². The normalized spacial score (nSPS) is 9.50. The highest BCUT2D eigenvalue weighted by Gasteiger charge is 1.98. The van der Waals surface area contributed by atoms with Crippen LogP contribution in [0.2, 0.25) is 0 Å². The number of ether oxygens (including phenoxy) is 2. The monoisotopic (exact) mass is 261 g/mol. The van der Waals surface area contributed by atoms with Crippen molar-refractivity contribution in [2.24, 2.45) is 5.73 Å². The molecule has 1 aromatic rings. The number of nitrogens with zero attached hydrogens (tertiary/aromatic N) is 2. The molecule has 0 atom stereocenters. The van der Waals surface area contributed by atoms with Crippen LogP contribution in [-0.2, 0) is 4.74 Å². The molecule has 14 heavy (non-hydrogen) atoms. The van der Waals surface area contributed by atoms with Gasteiger partial charge in [-0.3, -0.25) is 0 Å². The Morgan fingerprint density at radius 1 is 1.43 bits per heavy atom. The zero-order valence-corrected chi connectivity index (χ0v) is 8.73. The van der Waals surface area contributed by atoms with Crippen LogP contribution < -0.4 is 10.5 Å². The number of halogens is 1. The highest BCUT2D eigenvalue weighted by atomic mass is 79.9. The molecule has 0 aliphatic carbocycles. The summed E-state index contributed by atoms with van der Waals surface area (Å²) in [6.45, 7) is 0.249. The number of primary amides is 1. The van der Waals surface area contributed by atoms with E-state index < -0.39 is 6.09 Å². The number of carbonyl (C=O) groups excluding carboxylic acids is 1. The van der Waals surface area contributed by atoms with Gasteiger partial charge in [0, 0.05) is 12.4 Å². The molecule has 1 aromatic heterocycles. The summed E-state index contributed by atoms with van der Waals surface area (Å²) < 4.78 is 10.2. The number of hydrogen-bond acceptors (Lipinski definition) is 5. The van der Waals surface area contributed by atoms with Gasteiger partial charge in [-0.2, -0.15) is 0 Å². The zero-order chi connectivity index (χ0) is 10.4. The second kappa shape index (κ2) is 5.38. The summed E-state index contributed by atoms with van der Waals surface area (Å²) in [6.07, 6.45) is 2.28. The van der Waals surface area contributed by atoms with Crippen molar-refractivity contribution in [1.29, 1.82) is 0 Å². The van der Waals surface area contributed by atoms with Crippen molar-refractivity contribution in [3.63, 3.8) is 0 Å². The molecule has 0 aliphatic rings. The first-order valence-electron chi connectivity index (χ1n) is 3.71. The topological polar surface area (TPSA) is 87.3 Å². The van der Waals surface area contributed by atoms with Crippen molar-refractivity contribution in [2.75, 3.05) is 13.2 Å². The third-order valence-corrected chi connectivity index (χ3v) is 1.56. The van der Waals surface area contributed by atoms with Crippen molar-refractivity contribution >= 4 is 22.0 Å². The Balaban J connectivity index is 2.25. The summed E-state index contributed by atoms with van der Waals surface area (Å²) >= 11 is 3.18. The van der Waals surface area contributed by atoms with Crippen molar-refractivity contribution < 1.29 is 14.3 Å². The summed E-state index contributed by atoms with van der Waals surface area (Å²) in [6, 6.07) is 0.223. The van der Waals surface area contributed by atoms with Crippen LogP contribution in [0, 0.1) is 0 Å². The van der Waals surface area contributed by atoms with Gasteiger partial charge in [-0.05, 0) is 15.9 Å². The minimum absolute atomic E-state index is 0.0781. The van der Waals surface area contributed by atoms with Crippen LogP contribution in [0.15, 0.2) is 16.9 Å². The van der Waals surface area contributed by atoms with Gasteiger partial charge in [-0.15, -0.1) is 0 Å². The maximum absolute atomic E-state index is 10.2. The van der Waals surface area contributed by atoms with E-state index in [4.69, 9.17) is 10.5 Å². The van der Waals surface area contributed by atoms with Crippen molar-refractivity contribution in [1.82, 2.24) is 9.97 Å². The number of amides is 1. The Hall–Kier alpha value is -1.37. The van der Waals surface area contributed by atoms with Crippen LogP contribution in [0.1, 0.15) is 0 Å². The molecule has 1 heterocycles. The van der Waals surface area contributed by atoms with E-state index in [2.05, 4.69) is 30.6 Å². The minimum atomic E-state index is -0.828. The molecule has 0 spiro atoms. The lowest BCUT2D eigenvalue weighted by Gasteiger charge is -2.03. The molecule has 1 rings (SSSR count). The maximum atomic E-state index is 10.2. The summed E-state index contributed by atoms with van der Waals surface area (Å²) in [5.74, 6) is 0. The molecule has 0 saturated carbocycles. The van der Waals surface area contributed by atoms with Crippen molar-refractivity contribution in [3.8, 4) is 6.01 Å². The number of rotatable bonds is 4. The Labute approximate surface area is 88.6 Å². The number of hydrogen-bond donors (Lipinski definition) is 1. The van der Waals surface area contributed by atoms with Gasteiger partial charge in [-0.25, -0.2) is 14.8 Å². The third kappa shape index (κ3) is 4.04. The second-order valence-corrected chi connectivity index (χ2v) is 3.12. The van der Waals surface area contributed by atoms with Crippen LogP contribution in [0.25, 0.3) is 0 Å². The smallest absolute Gasteiger partial charge is 0.404 e. The first-order chi connectivity index (χ1) is 6.68. The Bertz CT molecular complexity index is 304. The van der Waals surface area contributed by atoms with Gasteiger partial charge in [0.05, 0.1) is 4.47 Å². The molecule has 0 unspecified atom stereocenters. The average molecular weight is 262 g/mol. The number of nitrogens with two attached hydrogens (primary N) is 1. The summed E-state index contributed by atoms with van der Waals surface area (Å²) in [7, 11) is 0. The second-order valence-electron chi connectivity index (χ2n) is 2.20. The van der Waals surface area contributed by atoms with Gasteiger partial charge in [0.1, 0.15) is 13.2 Å². The van der Waals surface area contributed by atoms with E-state index in [1.165, 1.54) is 0 Å². The van der Waals surface area contributed by atoms with E-state index in [0.717, 1.165) is 4.47 Å². The molecule has 7 heteroatoms. The fourth-order valence-corrected chi connectivity index (χ4v) is 0.855. The lowest BCUT2D eigenvalue weighted by atomic mass is 10.7. The van der Waals surface area contributed by atoms with Crippen LogP contribution in [0.3, 0.4) is 0 Å². The quantitative estimate of drug-likeness (QED) is 0.807. The first kappa shape index (κ1) is 10.7. The highest BCUT2D eigenvalue weighted by Crippen LogP contribution is 2.07. The molecule has 0 aliphatic heterocycles. The van der Waals surface area contributed by atoms with E-state index in [9.17, 15) is 4.79 Å². The van der Waals surface area contributed by atoms with Crippen LogP contribution in [-0.4, -0.2) is 29.3 Å². The predicted octanol–water partition coefficient (Wildman–Crippen LogP) is 0.713. The molecule has 1 amide bonds. The van der Waals surface area contributed by atoms with Crippen LogP contribution in [0.5, 0.6) is 6.01 Å². The lowest BCUT2D eigenvalue weighted by molar-refractivity contribution is 0.130. The molecule has 2 N–H and O–H groups in total. The number of carbonyl (C=O) groups is 1. The predicted molar refractivity (Wildman–Crippen MR) is 50.8 cm³/mol. The van der Waals surface area contributed by atoms with E-state index in [1.54, 1.807) is 12.4 Å². The molecule has 0 fully saturated rings. The average Bonchev–Trinajstić information content (AvgIpc) is 2.15. The lowest BCUT2D eigenvalue weighted by Crippen LogP contribution is -2.17. The maximum Gasteiger partial charge on any atom is 0.404 e. The SMILES string of the molecule is NC(=O)OCCOc1ncc(Br)cn1. The Morgan fingerprint density at radius 3 is 2.64 bits per heavy atom. The minimum Gasteiger partial charge on any atom is -0.460 e. The van der Waals surface area contributed by atoms with E-state index >= 15 is 0 Å². The molecule has 0 aromatic carbocycles. The fraction of sp³-hybridized carbons (Fsp3) is 0.286. The molecule has 0 radical (unpaired) electrons. The largest absolute Gasteiger partial charge is 0.460 e. The van der Waals surface area contributed by atoms with E-state index in [-0.39, 0.29) is 19.2 Å². The van der Waals surface area contributed by atoms with Gasteiger partial charge in [-0.1, -0.05) is 0 Å². The molecular weight excluding hydrogens is 254 g/mol. The van der Waals surface area contributed by atoms with Crippen LogP contribution in [0.4, 0.5) is 4.79 Å². The van der Waals surface area contributed by atoms with Gasteiger partial charge >= 0.3 is 12.1 Å². The molecule has 76 valence electrons. The summed E-state index contributed by atoms with van der Waals surface area (Å²) in [5, 5.41) is 0. The number of aromatic nitrogens is 2. The molecule has 0 bridgehead atoms. The summed E-state index contributed by atoms with van der Waals surface area (Å²) in [4.78, 5) is 17.8. The fourth-order valence-electron chi connectivity index (χ4n) is 0.650. The third-order valence-electron chi connectivity index (χ3n) is 1.16. The van der Waals surface area contributed by atoms with Gasteiger partial charge in [0.25, 0.3) is 0 Å². The molecule has 0 saturated heterocycles. The van der Waals surface area contributed by atoms with Crippen molar-refractivity contribution in [2.45, 2.75) is 0 Å². The van der Waals surface area contributed by atoms with Gasteiger partial charge in [0.15, 0.2) is 0 Å². The first-order valence-corrected chi connectivity index (χ1v) is 4.50. The Morgan fingerprint density at radius 2 is 2.07 bits per heavy atom. The van der Waals surface area contributed by atoms with Crippen molar-refractivity contribution in [3.05, 3.63) is 16.9 Å². The molecule has 6 nitrogen and oxygen atoms in total. The zero-order valence-electron chi connectivity index (χ0n) is 7.14. The van der Waals surface area contributed by atoms with Gasteiger partial charge in [0.2, 0.25) is 0 Å². The summed E-state index contributed by atoms with van der Waals surface area (Å²) in [5.41, 5.74) is 4.74. The Kier molecular flexibility index (Phi) is 4.11. The van der Waals surface area contributed by atoms with Crippen LogP contribution >= 0.6 is 15.9 Å². The molecular formula is C7H8BrN3O3. The van der Waals surface area contributed by atoms with Gasteiger partial charge < -0.3 is 15.2 Å². The standard InChI is InChI=1S/C7H8BrN3O3/c8-5-3-10-7(11-4-5)14-2-1-13-6(9)12/h3-4H,1-2H2,(H2,9,12). The van der Waals surface area contributed by atoms with E-state index in [0.29, 0.717) is 0 Å². The highest BCUT2D eigenvalue weighted by molar-refractivity contribution is 9.10.